The molecule has 3 fully saturated rings. The lowest BCUT2D eigenvalue weighted by Gasteiger charge is -2.27. The number of aliphatic hydroxyl groups is 1. The van der Waals surface area contributed by atoms with E-state index in [2.05, 4.69) is 10.2 Å². The number of aliphatic hydroxyl groups excluding tert-OH is 1. The SMILES string of the molecule is OCC1CCCC1NC1CCN2CCCC12. The van der Waals surface area contributed by atoms with Gasteiger partial charge in [-0.3, -0.25) is 4.90 Å². The Balaban J connectivity index is 1.58. The van der Waals surface area contributed by atoms with Gasteiger partial charge in [0.25, 0.3) is 0 Å². The Morgan fingerprint density at radius 3 is 2.81 bits per heavy atom. The van der Waals surface area contributed by atoms with E-state index in [1.165, 1.54) is 51.6 Å². The van der Waals surface area contributed by atoms with Crippen LogP contribution in [0, 0.1) is 5.92 Å². The van der Waals surface area contributed by atoms with Crippen molar-refractivity contribution in [1.82, 2.24) is 10.2 Å². The highest BCUT2D eigenvalue weighted by Gasteiger charge is 2.39. The summed E-state index contributed by atoms with van der Waals surface area (Å²) in [5.74, 6) is 0.524. The fourth-order valence-electron chi connectivity index (χ4n) is 4.03. The van der Waals surface area contributed by atoms with Crippen LogP contribution in [0.4, 0.5) is 0 Å². The summed E-state index contributed by atoms with van der Waals surface area (Å²) in [5.41, 5.74) is 0. The maximum absolute atomic E-state index is 9.35. The number of hydrogen-bond acceptors (Lipinski definition) is 3. The summed E-state index contributed by atoms with van der Waals surface area (Å²) in [6.45, 7) is 2.98. The number of nitrogens with one attached hydrogen (secondary N) is 1. The molecule has 2 saturated heterocycles. The van der Waals surface area contributed by atoms with E-state index in [9.17, 15) is 5.11 Å². The van der Waals surface area contributed by atoms with Gasteiger partial charge in [0, 0.05) is 31.3 Å². The van der Waals surface area contributed by atoms with Crippen molar-refractivity contribution in [1.29, 1.82) is 0 Å². The van der Waals surface area contributed by atoms with Gasteiger partial charge in [-0.05, 0) is 44.6 Å². The molecule has 2 heterocycles. The largest absolute Gasteiger partial charge is 0.396 e. The van der Waals surface area contributed by atoms with Crippen molar-refractivity contribution < 1.29 is 5.11 Å². The van der Waals surface area contributed by atoms with E-state index < -0.39 is 0 Å². The minimum atomic E-state index is 0.374. The Labute approximate surface area is 98.2 Å². The van der Waals surface area contributed by atoms with E-state index in [1.54, 1.807) is 0 Å². The predicted molar refractivity (Wildman–Crippen MR) is 64.4 cm³/mol. The molecule has 0 aromatic carbocycles. The highest BCUT2D eigenvalue weighted by atomic mass is 16.3. The molecule has 0 bridgehead atoms. The van der Waals surface area contributed by atoms with Crippen molar-refractivity contribution in [3.8, 4) is 0 Å². The molecule has 0 aromatic rings. The van der Waals surface area contributed by atoms with Crippen LogP contribution < -0.4 is 5.32 Å². The molecule has 4 atom stereocenters. The molecule has 1 aliphatic carbocycles. The lowest BCUT2D eigenvalue weighted by Crippen LogP contribution is -2.46. The second-order valence-corrected chi connectivity index (χ2v) is 5.79. The van der Waals surface area contributed by atoms with Crippen molar-refractivity contribution in [3.63, 3.8) is 0 Å². The van der Waals surface area contributed by atoms with Crippen LogP contribution in [-0.2, 0) is 0 Å². The minimum absolute atomic E-state index is 0.374. The third-order valence-corrected chi connectivity index (χ3v) is 4.93. The maximum Gasteiger partial charge on any atom is 0.0474 e. The summed E-state index contributed by atoms with van der Waals surface area (Å²) in [5, 5.41) is 13.2. The number of nitrogens with zero attached hydrogens (tertiary/aromatic N) is 1. The Bertz CT molecular complexity index is 246. The standard InChI is InChI=1S/C13H24N2O/c16-9-10-3-1-4-11(10)14-12-6-8-15-7-2-5-13(12)15/h10-14,16H,1-9H2. The van der Waals surface area contributed by atoms with E-state index in [0.29, 0.717) is 24.6 Å². The van der Waals surface area contributed by atoms with Crippen molar-refractivity contribution in [2.45, 2.75) is 56.7 Å². The van der Waals surface area contributed by atoms with Crippen molar-refractivity contribution >= 4 is 0 Å². The van der Waals surface area contributed by atoms with Gasteiger partial charge < -0.3 is 10.4 Å². The highest BCUT2D eigenvalue weighted by molar-refractivity contribution is 4.98. The molecule has 2 aliphatic heterocycles. The van der Waals surface area contributed by atoms with Crippen LogP contribution in [0.25, 0.3) is 0 Å². The molecular formula is C13H24N2O. The molecule has 0 amide bonds. The third kappa shape index (κ3) is 1.89. The molecule has 3 aliphatic rings. The summed E-state index contributed by atoms with van der Waals surface area (Å²) in [7, 11) is 0. The molecule has 3 rings (SSSR count). The molecule has 3 nitrogen and oxygen atoms in total. The smallest absolute Gasteiger partial charge is 0.0474 e. The summed E-state index contributed by atoms with van der Waals surface area (Å²) in [4.78, 5) is 2.65. The van der Waals surface area contributed by atoms with Crippen LogP contribution in [0.3, 0.4) is 0 Å². The minimum Gasteiger partial charge on any atom is -0.396 e. The molecule has 16 heavy (non-hydrogen) atoms. The van der Waals surface area contributed by atoms with Crippen LogP contribution >= 0.6 is 0 Å². The fraction of sp³-hybridized carbons (Fsp3) is 1.00. The Hall–Kier alpha value is -0.120. The van der Waals surface area contributed by atoms with Gasteiger partial charge in [-0.1, -0.05) is 6.42 Å². The van der Waals surface area contributed by atoms with Crippen LogP contribution in [0.15, 0.2) is 0 Å². The molecule has 4 unspecified atom stereocenters. The van der Waals surface area contributed by atoms with E-state index in [1.807, 2.05) is 0 Å². The first-order chi connectivity index (χ1) is 7.88. The van der Waals surface area contributed by atoms with Gasteiger partial charge in [0.15, 0.2) is 0 Å². The number of fused-ring (bicyclic) bond motifs is 1. The highest BCUT2D eigenvalue weighted by Crippen LogP contribution is 2.31. The van der Waals surface area contributed by atoms with Gasteiger partial charge in [0.2, 0.25) is 0 Å². The van der Waals surface area contributed by atoms with Crippen LogP contribution in [0.1, 0.15) is 38.5 Å². The van der Waals surface area contributed by atoms with E-state index in [0.717, 1.165) is 6.04 Å². The summed E-state index contributed by atoms with van der Waals surface area (Å²) < 4.78 is 0. The lowest BCUT2D eigenvalue weighted by molar-refractivity contribution is 0.193. The molecule has 0 radical (unpaired) electrons. The Morgan fingerprint density at radius 2 is 1.94 bits per heavy atom. The van der Waals surface area contributed by atoms with Crippen LogP contribution in [0.5, 0.6) is 0 Å². The molecule has 92 valence electrons. The zero-order valence-corrected chi connectivity index (χ0v) is 10.1. The Morgan fingerprint density at radius 1 is 1.00 bits per heavy atom. The van der Waals surface area contributed by atoms with Crippen molar-refractivity contribution in [3.05, 3.63) is 0 Å². The van der Waals surface area contributed by atoms with Gasteiger partial charge in [-0.2, -0.15) is 0 Å². The van der Waals surface area contributed by atoms with Gasteiger partial charge in [-0.25, -0.2) is 0 Å². The topological polar surface area (TPSA) is 35.5 Å². The molecular weight excluding hydrogens is 200 g/mol. The van der Waals surface area contributed by atoms with Gasteiger partial charge >= 0.3 is 0 Å². The van der Waals surface area contributed by atoms with E-state index in [4.69, 9.17) is 0 Å². The van der Waals surface area contributed by atoms with Gasteiger partial charge in [0.1, 0.15) is 0 Å². The fourth-order valence-corrected chi connectivity index (χ4v) is 4.03. The van der Waals surface area contributed by atoms with Gasteiger partial charge in [-0.15, -0.1) is 0 Å². The van der Waals surface area contributed by atoms with Crippen LogP contribution in [0.2, 0.25) is 0 Å². The molecule has 0 aromatic heterocycles. The summed E-state index contributed by atoms with van der Waals surface area (Å²) in [6, 6.07) is 2.11. The first kappa shape index (κ1) is 11.0. The summed E-state index contributed by atoms with van der Waals surface area (Å²) in [6.07, 6.45) is 7.87. The quantitative estimate of drug-likeness (QED) is 0.750. The maximum atomic E-state index is 9.35. The number of rotatable bonds is 3. The predicted octanol–water partition coefficient (Wildman–Crippen LogP) is 0.974. The first-order valence-electron chi connectivity index (χ1n) is 6.99. The molecule has 2 N–H and O–H groups in total. The van der Waals surface area contributed by atoms with E-state index in [-0.39, 0.29) is 0 Å². The van der Waals surface area contributed by atoms with E-state index >= 15 is 0 Å². The monoisotopic (exact) mass is 224 g/mol. The van der Waals surface area contributed by atoms with Crippen molar-refractivity contribution in [2.24, 2.45) is 5.92 Å². The van der Waals surface area contributed by atoms with Crippen LogP contribution in [-0.4, -0.2) is 47.8 Å². The number of hydrogen-bond donors (Lipinski definition) is 2. The first-order valence-corrected chi connectivity index (χ1v) is 6.99. The zero-order valence-electron chi connectivity index (χ0n) is 10.1. The molecule has 3 heteroatoms. The molecule has 0 spiro atoms. The average molecular weight is 224 g/mol. The zero-order chi connectivity index (χ0) is 11.0. The third-order valence-electron chi connectivity index (χ3n) is 4.93. The lowest BCUT2D eigenvalue weighted by atomic mass is 10.0. The summed E-state index contributed by atoms with van der Waals surface area (Å²) >= 11 is 0. The Kier molecular flexibility index (Phi) is 3.18. The van der Waals surface area contributed by atoms with Crippen molar-refractivity contribution in [2.75, 3.05) is 19.7 Å². The van der Waals surface area contributed by atoms with Gasteiger partial charge in [0.05, 0.1) is 0 Å². The molecule has 1 saturated carbocycles. The second-order valence-electron chi connectivity index (χ2n) is 5.79. The second kappa shape index (κ2) is 4.63. The normalized spacial score (nSPS) is 44.1. The average Bonchev–Trinajstić information content (AvgIpc) is 2.96.